The van der Waals surface area contributed by atoms with Crippen molar-refractivity contribution >= 4 is 34.9 Å². The van der Waals surface area contributed by atoms with Crippen molar-refractivity contribution in [2.45, 2.75) is 13.3 Å². The van der Waals surface area contributed by atoms with Crippen molar-refractivity contribution in [1.29, 1.82) is 0 Å². The van der Waals surface area contributed by atoms with E-state index in [0.29, 0.717) is 22.8 Å². The van der Waals surface area contributed by atoms with Crippen LogP contribution in [0, 0.1) is 6.92 Å². The Morgan fingerprint density at radius 3 is 2.71 bits per heavy atom. The van der Waals surface area contributed by atoms with E-state index in [9.17, 15) is 9.59 Å². The van der Waals surface area contributed by atoms with E-state index in [1.54, 1.807) is 24.3 Å². The lowest BCUT2D eigenvalue weighted by Crippen LogP contribution is -2.16. The van der Waals surface area contributed by atoms with Gasteiger partial charge in [-0.15, -0.1) is 0 Å². The Labute approximate surface area is 146 Å². The van der Waals surface area contributed by atoms with Gasteiger partial charge in [0.15, 0.2) is 0 Å². The third-order valence-electron chi connectivity index (χ3n) is 3.43. The molecule has 2 rings (SSSR count). The van der Waals surface area contributed by atoms with Crippen molar-refractivity contribution in [2.75, 3.05) is 24.3 Å². The number of methoxy groups -OCH3 is 1. The van der Waals surface area contributed by atoms with Crippen LogP contribution >= 0.6 is 11.6 Å². The predicted octanol–water partition coefficient (Wildman–Crippen LogP) is 3.88. The summed E-state index contributed by atoms with van der Waals surface area (Å²) in [6.45, 7) is 2.45. The normalized spacial score (nSPS) is 10.1. The molecular formula is C18H19ClN2O3. The minimum Gasteiger partial charge on any atom is -0.465 e. The zero-order valence-electron chi connectivity index (χ0n) is 13.6. The maximum absolute atomic E-state index is 12.0. The Morgan fingerprint density at radius 2 is 1.96 bits per heavy atom. The average molecular weight is 347 g/mol. The predicted molar refractivity (Wildman–Crippen MR) is 95.7 cm³/mol. The van der Waals surface area contributed by atoms with Crippen molar-refractivity contribution in [3.8, 4) is 0 Å². The number of carbonyl (C=O) groups excluding carboxylic acids is 2. The van der Waals surface area contributed by atoms with E-state index in [1.165, 1.54) is 7.11 Å². The van der Waals surface area contributed by atoms with Crippen molar-refractivity contribution in [1.82, 2.24) is 0 Å². The summed E-state index contributed by atoms with van der Waals surface area (Å²) >= 11 is 5.96. The molecule has 0 heterocycles. The smallest absolute Gasteiger partial charge is 0.337 e. The Kier molecular flexibility index (Phi) is 6.21. The number of anilines is 2. The molecule has 2 aromatic carbocycles. The molecular weight excluding hydrogens is 328 g/mol. The van der Waals surface area contributed by atoms with Gasteiger partial charge >= 0.3 is 5.97 Å². The highest BCUT2D eigenvalue weighted by Crippen LogP contribution is 2.20. The maximum atomic E-state index is 12.0. The second-order valence-corrected chi connectivity index (χ2v) is 5.69. The molecule has 0 fully saturated rings. The number of hydrogen-bond donors (Lipinski definition) is 2. The minimum atomic E-state index is -0.441. The first-order chi connectivity index (χ1) is 11.5. The van der Waals surface area contributed by atoms with E-state index in [-0.39, 0.29) is 12.3 Å². The highest BCUT2D eigenvalue weighted by Gasteiger charge is 2.08. The number of aryl methyl sites for hydroxylation is 1. The lowest BCUT2D eigenvalue weighted by Gasteiger charge is -2.10. The molecule has 0 aliphatic carbocycles. The number of halogens is 1. The standard InChI is InChI=1S/C18H19ClN2O3/c1-12-6-7-14(19)11-16(12)20-9-8-17(22)21-15-5-3-4-13(10-15)18(23)24-2/h3-7,10-11,20H,8-9H2,1-2H3,(H,21,22). The number of benzene rings is 2. The van der Waals surface area contributed by atoms with Crippen LogP contribution in [0.3, 0.4) is 0 Å². The fourth-order valence-electron chi connectivity index (χ4n) is 2.16. The molecule has 0 unspecified atom stereocenters. The third kappa shape index (κ3) is 4.99. The van der Waals surface area contributed by atoms with Crippen LogP contribution in [0.4, 0.5) is 11.4 Å². The minimum absolute atomic E-state index is 0.149. The van der Waals surface area contributed by atoms with E-state index >= 15 is 0 Å². The lowest BCUT2D eigenvalue weighted by atomic mass is 10.2. The molecule has 126 valence electrons. The highest BCUT2D eigenvalue weighted by molar-refractivity contribution is 6.30. The summed E-state index contributed by atoms with van der Waals surface area (Å²) in [6, 6.07) is 12.2. The molecule has 1 amide bonds. The van der Waals surface area contributed by atoms with E-state index in [1.807, 2.05) is 25.1 Å². The van der Waals surface area contributed by atoms with Crippen LogP contribution in [0.1, 0.15) is 22.3 Å². The maximum Gasteiger partial charge on any atom is 0.337 e. The van der Waals surface area contributed by atoms with Crippen LogP contribution in [0.5, 0.6) is 0 Å². The highest BCUT2D eigenvalue weighted by atomic mass is 35.5. The summed E-state index contributed by atoms with van der Waals surface area (Å²) in [4.78, 5) is 23.5. The number of amides is 1. The molecule has 0 aliphatic heterocycles. The first-order valence-electron chi connectivity index (χ1n) is 7.48. The van der Waals surface area contributed by atoms with Gasteiger partial charge in [0.1, 0.15) is 0 Å². The van der Waals surface area contributed by atoms with E-state index in [0.717, 1.165) is 11.3 Å². The van der Waals surface area contributed by atoms with E-state index in [4.69, 9.17) is 11.6 Å². The molecule has 0 aliphatic rings. The summed E-state index contributed by atoms with van der Waals surface area (Å²) in [5.41, 5.74) is 2.92. The van der Waals surface area contributed by atoms with Gasteiger partial charge in [-0.2, -0.15) is 0 Å². The van der Waals surface area contributed by atoms with Gasteiger partial charge in [-0.1, -0.05) is 23.7 Å². The topological polar surface area (TPSA) is 67.4 Å². The van der Waals surface area contributed by atoms with Crippen LogP contribution in [-0.2, 0) is 9.53 Å². The molecule has 0 radical (unpaired) electrons. The van der Waals surface area contributed by atoms with Gasteiger partial charge in [0, 0.05) is 29.4 Å². The Morgan fingerprint density at radius 1 is 1.17 bits per heavy atom. The Hall–Kier alpha value is -2.53. The number of ether oxygens (including phenoxy) is 1. The van der Waals surface area contributed by atoms with Gasteiger partial charge in [-0.05, 0) is 42.8 Å². The first kappa shape index (κ1) is 17.8. The van der Waals surface area contributed by atoms with Crippen molar-refractivity contribution in [2.24, 2.45) is 0 Å². The largest absolute Gasteiger partial charge is 0.465 e. The molecule has 2 aromatic rings. The van der Waals surface area contributed by atoms with E-state index < -0.39 is 5.97 Å². The lowest BCUT2D eigenvalue weighted by molar-refractivity contribution is -0.115. The van der Waals surface area contributed by atoms with Gasteiger partial charge in [0.25, 0.3) is 0 Å². The molecule has 0 aromatic heterocycles. The third-order valence-corrected chi connectivity index (χ3v) is 3.67. The molecule has 6 heteroatoms. The Balaban J connectivity index is 1.87. The fourth-order valence-corrected chi connectivity index (χ4v) is 2.33. The molecule has 2 N–H and O–H groups in total. The summed E-state index contributed by atoms with van der Waals surface area (Å²) < 4.78 is 4.66. The quantitative estimate of drug-likeness (QED) is 0.779. The zero-order chi connectivity index (χ0) is 17.5. The number of esters is 1. The van der Waals surface area contributed by atoms with Crippen LogP contribution in [0.2, 0.25) is 5.02 Å². The van der Waals surface area contributed by atoms with Crippen LogP contribution in [-0.4, -0.2) is 25.5 Å². The number of nitrogens with one attached hydrogen (secondary N) is 2. The fraction of sp³-hybridized carbons (Fsp3) is 0.222. The van der Waals surface area contributed by atoms with Crippen molar-refractivity contribution in [3.05, 3.63) is 58.6 Å². The molecule has 0 saturated carbocycles. The second kappa shape index (κ2) is 8.36. The molecule has 0 spiro atoms. The average Bonchev–Trinajstić information content (AvgIpc) is 2.57. The number of hydrogen-bond acceptors (Lipinski definition) is 4. The summed E-state index contributed by atoms with van der Waals surface area (Å²) in [6.07, 6.45) is 0.286. The summed E-state index contributed by atoms with van der Waals surface area (Å²) in [5, 5.41) is 6.60. The number of rotatable bonds is 6. The Bertz CT molecular complexity index is 747. The van der Waals surface area contributed by atoms with Crippen molar-refractivity contribution in [3.63, 3.8) is 0 Å². The second-order valence-electron chi connectivity index (χ2n) is 5.26. The molecule has 0 saturated heterocycles. The summed E-state index contributed by atoms with van der Waals surface area (Å²) in [5.74, 6) is -0.589. The van der Waals surface area contributed by atoms with Gasteiger partial charge in [0.05, 0.1) is 12.7 Å². The zero-order valence-corrected chi connectivity index (χ0v) is 14.3. The molecule has 24 heavy (non-hydrogen) atoms. The molecule has 5 nitrogen and oxygen atoms in total. The van der Waals surface area contributed by atoms with Gasteiger partial charge < -0.3 is 15.4 Å². The van der Waals surface area contributed by atoms with Crippen molar-refractivity contribution < 1.29 is 14.3 Å². The molecule has 0 atom stereocenters. The van der Waals surface area contributed by atoms with E-state index in [2.05, 4.69) is 15.4 Å². The number of carbonyl (C=O) groups is 2. The van der Waals surface area contributed by atoms with Crippen LogP contribution in [0.15, 0.2) is 42.5 Å². The molecule has 0 bridgehead atoms. The SMILES string of the molecule is COC(=O)c1cccc(NC(=O)CCNc2cc(Cl)ccc2C)c1. The van der Waals surface area contributed by atoms with Gasteiger partial charge in [-0.3, -0.25) is 4.79 Å². The van der Waals surface area contributed by atoms with Gasteiger partial charge in [0.2, 0.25) is 5.91 Å². The summed E-state index contributed by atoms with van der Waals surface area (Å²) in [7, 11) is 1.32. The van der Waals surface area contributed by atoms with Crippen LogP contribution < -0.4 is 10.6 Å². The van der Waals surface area contributed by atoms with Crippen LogP contribution in [0.25, 0.3) is 0 Å². The first-order valence-corrected chi connectivity index (χ1v) is 7.85. The van der Waals surface area contributed by atoms with Gasteiger partial charge in [-0.25, -0.2) is 4.79 Å². The monoisotopic (exact) mass is 346 g/mol.